The Morgan fingerprint density at radius 2 is 1.95 bits per heavy atom. The minimum Gasteiger partial charge on any atom is -0.507 e. The number of hydrogen-bond donors (Lipinski definition) is 2. The second-order valence-corrected chi connectivity index (χ2v) is 4.95. The summed E-state index contributed by atoms with van der Waals surface area (Å²) in [7, 11) is 0. The van der Waals surface area contributed by atoms with Crippen molar-refractivity contribution in [2.75, 3.05) is 0 Å². The number of nitrogens with one attached hydrogen (secondary N) is 1. The van der Waals surface area contributed by atoms with Crippen LogP contribution in [0.1, 0.15) is 21.5 Å². The summed E-state index contributed by atoms with van der Waals surface area (Å²) in [4.78, 5) is 25.3. The van der Waals surface area contributed by atoms with Crippen LogP contribution < -0.4 is 5.56 Å². The van der Waals surface area contributed by atoms with Crippen molar-refractivity contribution in [3.05, 3.63) is 51.3 Å². The van der Waals surface area contributed by atoms with Crippen LogP contribution in [0.25, 0.3) is 22.4 Å². The summed E-state index contributed by atoms with van der Waals surface area (Å²) >= 11 is 0. The molecule has 1 aromatic carbocycles. The van der Waals surface area contributed by atoms with E-state index in [4.69, 9.17) is 4.42 Å². The van der Waals surface area contributed by atoms with E-state index in [1.165, 1.54) is 0 Å². The van der Waals surface area contributed by atoms with Gasteiger partial charge < -0.3 is 14.5 Å². The average molecular weight is 283 g/mol. The molecule has 0 amide bonds. The third kappa shape index (κ3) is 2.03. The van der Waals surface area contributed by atoms with Crippen molar-refractivity contribution in [3.8, 4) is 17.2 Å². The number of carbonyl (C=O) groups is 1. The van der Waals surface area contributed by atoms with Crippen molar-refractivity contribution in [1.29, 1.82) is 0 Å². The highest BCUT2D eigenvalue weighted by Gasteiger charge is 2.15. The van der Waals surface area contributed by atoms with E-state index in [1.54, 1.807) is 38.1 Å². The molecule has 2 heterocycles. The molecule has 3 rings (SSSR count). The maximum absolute atomic E-state index is 11.8. The first-order chi connectivity index (χ1) is 10.0. The molecule has 0 atom stereocenters. The van der Waals surface area contributed by atoms with E-state index < -0.39 is 0 Å². The lowest BCUT2D eigenvalue weighted by Crippen LogP contribution is -2.11. The van der Waals surface area contributed by atoms with Crippen LogP contribution in [-0.2, 0) is 0 Å². The highest BCUT2D eigenvalue weighted by molar-refractivity contribution is 5.88. The van der Waals surface area contributed by atoms with Gasteiger partial charge in [0, 0.05) is 16.5 Å². The number of rotatable bonds is 2. The summed E-state index contributed by atoms with van der Waals surface area (Å²) in [6.07, 6.45) is 0.761. The van der Waals surface area contributed by atoms with Crippen molar-refractivity contribution in [3.63, 3.8) is 0 Å². The molecule has 106 valence electrons. The SMILES string of the molecule is Cc1c(-c2cc3cc(C=O)ccc3o2)[nH]c(=O)c(C)c1O. The largest absolute Gasteiger partial charge is 0.507 e. The second-order valence-electron chi connectivity index (χ2n) is 4.95. The van der Waals surface area contributed by atoms with Gasteiger partial charge in [0.05, 0.1) is 11.3 Å². The number of aromatic hydroxyl groups is 1. The van der Waals surface area contributed by atoms with Crippen molar-refractivity contribution in [2.45, 2.75) is 13.8 Å². The van der Waals surface area contributed by atoms with Crippen LogP contribution in [0.2, 0.25) is 0 Å². The molecule has 2 N–H and O–H groups in total. The molecule has 2 aromatic heterocycles. The van der Waals surface area contributed by atoms with Gasteiger partial charge >= 0.3 is 0 Å². The number of hydrogen-bond acceptors (Lipinski definition) is 4. The number of aldehydes is 1. The zero-order chi connectivity index (χ0) is 15.1. The average Bonchev–Trinajstić information content (AvgIpc) is 2.91. The predicted molar refractivity (Wildman–Crippen MR) is 78.8 cm³/mol. The highest BCUT2D eigenvalue weighted by atomic mass is 16.3. The van der Waals surface area contributed by atoms with Crippen LogP contribution in [0.4, 0.5) is 0 Å². The fraction of sp³-hybridized carbons (Fsp3) is 0.125. The van der Waals surface area contributed by atoms with Crippen LogP contribution in [0.3, 0.4) is 0 Å². The molecule has 0 aliphatic rings. The Balaban J connectivity index is 2.26. The fourth-order valence-corrected chi connectivity index (χ4v) is 2.31. The van der Waals surface area contributed by atoms with Crippen LogP contribution in [-0.4, -0.2) is 16.4 Å². The minimum absolute atomic E-state index is 0.0391. The van der Waals surface area contributed by atoms with Gasteiger partial charge in [-0.05, 0) is 38.1 Å². The molecule has 0 aliphatic carbocycles. The Morgan fingerprint density at radius 3 is 2.67 bits per heavy atom. The summed E-state index contributed by atoms with van der Waals surface area (Å²) in [5.41, 5.74) is 2.05. The Morgan fingerprint density at radius 1 is 1.19 bits per heavy atom. The van der Waals surface area contributed by atoms with Gasteiger partial charge in [0.2, 0.25) is 0 Å². The lowest BCUT2D eigenvalue weighted by Gasteiger charge is -2.06. The number of fused-ring (bicyclic) bond motifs is 1. The summed E-state index contributed by atoms with van der Waals surface area (Å²) < 4.78 is 5.69. The van der Waals surface area contributed by atoms with E-state index in [0.717, 1.165) is 11.7 Å². The zero-order valence-corrected chi connectivity index (χ0v) is 11.6. The molecule has 0 spiro atoms. The molecule has 0 radical (unpaired) electrons. The van der Waals surface area contributed by atoms with E-state index in [1.807, 2.05) is 0 Å². The summed E-state index contributed by atoms with van der Waals surface area (Å²) in [5, 5.41) is 10.7. The number of benzene rings is 1. The van der Waals surface area contributed by atoms with Crippen LogP contribution in [0.5, 0.6) is 5.75 Å². The fourth-order valence-electron chi connectivity index (χ4n) is 2.31. The Labute approximate surface area is 119 Å². The summed E-state index contributed by atoms with van der Waals surface area (Å²) in [6, 6.07) is 6.79. The van der Waals surface area contributed by atoms with E-state index in [2.05, 4.69) is 4.98 Å². The number of furan rings is 1. The van der Waals surface area contributed by atoms with Crippen molar-refractivity contribution >= 4 is 17.3 Å². The molecule has 0 saturated carbocycles. The van der Waals surface area contributed by atoms with Gasteiger partial charge in [-0.1, -0.05) is 0 Å². The van der Waals surface area contributed by atoms with Crippen molar-refractivity contribution < 1.29 is 14.3 Å². The monoisotopic (exact) mass is 283 g/mol. The van der Waals surface area contributed by atoms with Gasteiger partial charge in [-0.2, -0.15) is 0 Å². The van der Waals surface area contributed by atoms with Gasteiger partial charge in [0.1, 0.15) is 17.6 Å². The molecular weight excluding hydrogens is 270 g/mol. The zero-order valence-electron chi connectivity index (χ0n) is 11.6. The standard InChI is InChI=1S/C16H13NO4/c1-8-14(17-16(20)9(2)15(8)19)13-6-11-5-10(7-18)3-4-12(11)21-13/h3-7H,1-2H3,(H2,17,19,20). The minimum atomic E-state index is -0.359. The maximum atomic E-state index is 11.8. The van der Waals surface area contributed by atoms with Gasteiger partial charge in [0.15, 0.2) is 5.76 Å². The summed E-state index contributed by atoms with van der Waals surface area (Å²) in [6.45, 7) is 3.26. The molecule has 0 saturated heterocycles. The topological polar surface area (TPSA) is 83.3 Å². The molecule has 3 aromatic rings. The lowest BCUT2D eigenvalue weighted by molar-refractivity contribution is 0.112. The molecule has 5 heteroatoms. The number of aromatic nitrogens is 1. The highest BCUT2D eigenvalue weighted by Crippen LogP contribution is 2.32. The number of H-pyrrole nitrogens is 1. The van der Waals surface area contributed by atoms with E-state index in [-0.39, 0.29) is 16.9 Å². The molecule has 21 heavy (non-hydrogen) atoms. The third-order valence-corrected chi connectivity index (χ3v) is 3.59. The van der Waals surface area contributed by atoms with Crippen LogP contribution in [0.15, 0.2) is 33.5 Å². The lowest BCUT2D eigenvalue weighted by atomic mass is 10.1. The predicted octanol–water partition coefficient (Wildman–Crippen LogP) is 2.92. The van der Waals surface area contributed by atoms with Gasteiger partial charge in [-0.15, -0.1) is 0 Å². The first-order valence-electron chi connectivity index (χ1n) is 6.43. The number of aromatic amines is 1. The maximum Gasteiger partial charge on any atom is 0.255 e. The van der Waals surface area contributed by atoms with Crippen LogP contribution in [0, 0.1) is 13.8 Å². The van der Waals surface area contributed by atoms with Crippen molar-refractivity contribution in [1.82, 2.24) is 4.98 Å². The van der Waals surface area contributed by atoms with Gasteiger partial charge in [-0.3, -0.25) is 9.59 Å². The quantitative estimate of drug-likeness (QED) is 0.708. The molecule has 0 aliphatic heterocycles. The number of pyridine rings is 1. The Hall–Kier alpha value is -2.82. The van der Waals surface area contributed by atoms with E-state index in [0.29, 0.717) is 28.2 Å². The molecule has 0 unspecified atom stereocenters. The molecule has 5 nitrogen and oxygen atoms in total. The smallest absolute Gasteiger partial charge is 0.255 e. The summed E-state index contributed by atoms with van der Waals surface area (Å²) in [5.74, 6) is 0.403. The Bertz CT molecular complexity index is 918. The molecule has 0 fully saturated rings. The van der Waals surface area contributed by atoms with Gasteiger partial charge in [-0.25, -0.2) is 0 Å². The van der Waals surface area contributed by atoms with E-state index in [9.17, 15) is 14.7 Å². The number of carbonyl (C=O) groups excluding carboxylic acids is 1. The first kappa shape index (κ1) is 13.2. The van der Waals surface area contributed by atoms with E-state index >= 15 is 0 Å². The third-order valence-electron chi connectivity index (χ3n) is 3.59. The molecular formula is C16H13NO4. The first-order valence-corrected chi connectivity index (χ1v) is 6.43. The second kappa shape index (κ2) is 4.63. The molecule has 0 bridgehead atoms. The van der Waals surface area contributed by atoms with Crippen LogP contribution >= 0.6 is 0 Å². The van der Waals surface area contributed by atoms with Crippen molar-refractivity contribution in [2.24, 2.45) is 0 Å². The Kier molecular flexibility index (Phi) is 2.90. The van der Waals surface area contributed by atoms with Gasteiger partial charge in [0.25, 0.3) is 5.56 Å². The normalized spacial score (nSPS) is 11.0.